The fourth-order valence-corrected chi connectivity index (χ4v) is 1.99. The summed E-state index contributed by atoms with van der Waals surface area (Å²) in [6.45, 7) is 3.23. The van der Waals surface area contributed by atoms with Crippen LogP contribution in [0.5, 0.6) is 0 Å². The average Bonchev–Trinajstić information content (AvgIpc) is 2.86. The minimum Gasteiger partial charge on any atom is -0.464 e. The zero-order valence-corrected chi connectivity index (χ0v) is 10.2. The van der Waals surface area contributed by atoms with Gasteiger partial charge in [-0.1, -0.05) is 0 Å². The van der Waals surface area contributed by atoms with Crippen molar-refractivity contribution in [2.45, 2.75) is 19.5 Å². The summed E-state index contributed by atoms with van der Waals surface area (Å²) in [5, 5.41) is 0. The van der Waals surface area contributed by atoms with Crippen LogP contribution in [0.2, 0.25) is 0 Å². The van der Waals surface area contributed by atoms with E-state index in [-0.39, 0.29) is 17.9 Å². The van der Waals surface area contributed by atoms with Crippen LogP contribution >= 0.6 is 0 Å². The quantitative estimate of drug-likeness (QED) is 0.833. The smallest absolute Gasteiger partial charge is 0.229 e. The highest BCUT2D eigenvalue weighted by Crippen LogP contribution is 2.16. The minimum atomic E-state index is -0.226. The van der Waals surface area contributed by atoms with E-state index in [9.17, 15) is 4.79 Å². The van der Waals surface area contributed by atoms with Crippen molar-refractivity contribution in [1.29, 1.82) is 0 Å². The highest BCUT2D eigenvalue weighted by atomic mass is 16.5. The number of nitrogens with zero attached hydrogens (tertiary/aromatic N) is 1. The van der Waals surface area contributed by atoms with Gasteiger partial charge < -0.3 is 19.8 Å². The maximum absolute atomic E-state index is 12.1. The number of nitrogens with two attached hydrogens (primary N) is 1. The van der Waals surface area contributed by atoms with E-state index in [0.717, 1.165) is 11.5 Å². The van der Waals surface area contributed by atoms with Crippen molar-refractivity contribution in [2.75, 3.05) is 20.3 Å². The first-order chi connectivity index (χ1) is 8.08. The molecule has 1 amide bonds. The van der Waals surface area contributed by atoms with Crippen molar-refractivity contribution in [3.8, 4) is 0 Å². The number of amides is 1. The molecule has 5 nitrogen and oxygen atoms in total. The van der Waals surface area contributed by atoms with Gasteiger partial charge in [0.2, 0.25) is 5.91 Å². The number of furan rings is 1. The second-order valence-corrected chi connectivity index (χ2v) is 4.51. The molecule has 2 N–H and O–H groups in total. The molecule has 0 radical (unpaired) electrons. The molecule has 0 aliphatic carbocycles. The first-order valence-corrected chi connectivity index (χ1v) is 5.71. The summed E-state index contributed by atoms with van der Waals surface area (Å²) in [7, 11) is 1.76. The zero-order chi connectivity index (χ0) is 12.4. The first-order valence-electron chi connectivity index (χ1n) is 5.71. The lowest BCUT2D eigenvalue weighted by atomic mass is 10.0. The molecule has 0 aromatic carbocycles. The Balaban J connectivity index is 1.95. The van der Waals surface area contributed by atoms with Crippen molar-refractivity contribution in [1.82, 2.24) is 4.90 Å². The lowest BCUT2D eigenvalue weighted by Gasteiger charge is -2.21. The molecule has 0 bridgehead atoms. The van der Waals surface area contributed by atoms with Gasteiger partial charge in [0.1, 0.15) is 11.5 Å². The molecule has 1 aromatic heterocycles. The number of aryl methyl sites for hydroxylation is 1. The van der Waals surface area contributed by atoms with E-state index in [1.165, 1.54) is 0 Å². The number of carbonyl (C=O) groups is 1. The summed E-state index contributed by atoms with van der Waals surface area (Å²) < 4.78 is 10.6. The van der Waals surface area contributed by atoms with Crippen molar-refractivity contribution in [3.63, 3.8) is 0 Å². The second-order valence-electron chi connectivity index (χ2n) is 4.51. The maximum Gasteiger partial charge on any atom is 0.229 e. The lowest BCUT2D eigenvalue weighted by molar-refractivity contribution is -0.135. The fraction of sp³-hybridized carbons (Fsp3) is 0.583. The van der Waals surface area contributed by atoms with Crippen molar-refractivity contribution in [3.05, 3.63) is 23.7 Å². The molecule has 2 atom stereocenters. The van der Waals surface area contributed by atoms with Gasteiger partial charge in [-0.15, -0.1) is 0 Å². The number of rotatable bonds is 3. The summed E-state index contributed by atoms with van der Waals surface area (Å²) in [5.41, 5.74) is 5.82. The molecule has 0 saturated carbocycles. The van der Waals surface area contributed by atoms with E-state index in [2.05, 4.69) is 0 Å². The van der Waals surface area contributed by atoms with Crippen LogP contribution in [0.25, 0.3) is 0 Å². The topological polar surface area (TPSA) is 68.7 Å². The van der Waals surface area contributed by atoms with Crippen LogP contribution in [-0.4, -0.2) is 37.1 Å². The van der Waals surface area contributed by atoms with Gasteiger partial charge >= 0.3 is 0 Å². The predicted molar refractivity (Wildman–Crippen MR) is 62.2 cm³/mol. The Hall–Kier alpha value is -1.33. The molecule has 2 rings (SSSR count). The number of ether oxygens (including phenoxy) is 1. The largest absolute Gasteiger partial charge is 0.464 e. The van der Waals surface area contributed by atoms with Crippen LogP contribution in [0, 0.1) is 12.8 Å². The molecule has 1 aliphatic rings. The number of carbonyl (C=O) groups excluding carboxylic acids is 1. The maximum atomic E-state index is 12.1. The van der Waals surface area contributed by atoms with Crippen molar-refractivity contribution >= 4 is 5.91 Å². The van der Waals surface area contributed by atoms with E-state index in [1.54, 1.807) is 11.9 Å². The normalized spacial score (nSPS) is 23.9. The Labute approximate surface area is 101 Å². The van der Waals surface area contributed by atoms with Crippen LogP contribution in [0.4, 0.5) is 0 Å². The molecule has 0 spiro atoms. The van der Waals surface area contributed by atoms with Gasteiger partial charge in [0.25, 0.3) is 0 Å². The molecule has 1 aromatic rings. The summed E-state index contributed by atoms with van der Waals surface area (Å²) in [6.07, 6.45) is 0. The molecule has 1 fully saturated rings. The lowest BCUT2D eigenvalue weighted by Crippen LogP contribution is -2.41. The summed E-state index contributed by atoms with van der Waals surface area (Å²) in [4.78, 5) is 13.7. The Morgan fingerprint density at radius 2 is 2.29 bits per heavy atom. The Kier molecular flexibility index (Phi) is 3.49. The average molecular weight is 238 g/mol. The molecular formula is C12H18N2O3. The number of hydrogen-bond donors (Lipinski definition) is 1. The molecule has 1 saturated heterocycles. The third-order valence-corrected chi connectivity index (χ3v) is 3.01. The van der Waals surface area contributed by atoms with E-state index in [1.807, 2.05) is 19.1 Å². The Morgan fingerprint density at radius 3 is 2.82 bits per heavy atom. The molecule has 1 aliphatic heterocycles. The Morgan fingerprint density at radius 1 is 1.53 bits per heavy atom. The van der Waals surface area contributed by atoms with E-state index in [0.29, 0.717) is 19.8 Å². The first kappa shape index (κ1) is 12.1. The minimum absolute atomic E-state index is 0.0176. The van der Waals surface area contributed by atoms with Gasteiger partial charge in [0.05, 0.1) is 25.7 Å². The van der Waals surface area contributed by atoms with Gasteiger partial charge in [0, 0.05) is 13.1 Å². The predicted octanol–water partition coefficient (Wildman–Crippen LogP) is 0.520. The number of hydrogen-bond acceptors (Lipinski definition) is 4. The standard InChI is InChI=1S/C12H18N2O3/c1-8-3-4-9(17-8)5-14(2)12(15)10-6-16-7-11(10)13/h3-4,10-11H,5-7,13H2,1-2H3. The Bertz CT molecular complexity index is 402. The summed E-state index contributed by atoms with van der Waals surface area (Å²) >= 11 is 0. The monoisotopic (exact) mass is 238 g/mol. The van der Waals surface area contributed by atoms with Gasteiger partial charge in [-0.3, -0.25) is 4.79 Å². The van der Waals surface area contributed by atoms with Crippen LogP contribution in [0.3, 0.4) is 0 Å². The third kappa shape index (κ3) is 2.68. The van der Waals surface area contributed by atoms with Crippen LogP contribution in [-0.2, 0) is 16.1 Å². The highest BCUT2D eigenvalue weighted by Gasteiger charge is 2.33. The molecule has 2 heterocycles. The van der Waals surface area contributed by atoms with E-state index < -0.39 is 0 Å². The van der Waals surface area contributed by atoms with Gasteiger partial charge in [-0.05, 0) is 19.1 Å². The summed E-state index contributed by atoms with van der Waals surface area (Å²) in [5.74, 6) is 1.42. The molecule has 17 heavy (non-hydrogen) atoms. The van der Waals surface area contributed by atoms with Crippen molar-refractivity contribution in [2.24, 2.45) is 11.7 Å². The summed E-state index contributed by atoms with van der Waals surface area (Å²) in [6, 6.07) is 3.57. The van der Waals surface area contributed by atoms with Crippen LogP contribution in [0.1, 0.15) is 11.5 Å². The molecular weight excluding hydrogens is 220 g/mol. The van der Waals surface area contributed by atoms with Gasteiger partial charge in [0.15, 0.2) is 0 Å². The second kappa shape index (κ2) is 4.89. The van der Waals surface area contributed by atoms with E-state index in [4.69, 9.17) is 14.9 Å². The molecule has 94 valence electrons. The SMILES string of the molecule is Cc1ccc(CN(C)C(=O)C2COCC2N)o1. The fourth-order valence-electron chi connectivity index (χ4n) is 1.99. The molecule has 5 heteroatoms. The van der Waals surface area contributed by atoms with E-state index >= 15 is 0 Å². The van der Waals surface area contributed by atoms with Crippen molar-refractivity contribution < 1.29 is 13.9 Å². The van der Waals surface area contributed by atoms with Gasteiger partial charge in [-0.25, -0.2) is 0 Å². The highest BCUT2D eigenvalue weighted by molar-refractivity contribution is 5.79. The zero-order valence-electron chi connectivity index (χ0n) is 10.2. The molecule has 2 unspecified atom stereocenters. The van der Waals surface area contributed by atoms with Crippen LogP contribution in [0.15, 0.2) is 16.5 Å². The van der Waals surface area contributed by atoms with Gasteiger partial charge in [-0.2, -0.15) is 0 Å². The third-order valence-electron chi connectivity index (χ3n) is 3.01. The van der Waals surface area contributed by atoms with Crippen LogP contribution < -0.4 is 5.73 Å².